The lowest BCUT2D eigenvalue weighted by atomic mass is 9.72. The molecule has 0 spiro atoms. The Morgan fingerprint density at radius 3 is 2.15 bits per heavy atom. The van der Waals surface area contributed by atoms with Crippen LogP contribution in [0.4, 0.5) is 17.1 Å². The van der Waals surface area contributed by atoms with Gasteiger partial charge in [-0.15, -0.1) is 0 Å². The highest BCUT2D eigenvalue weighted by Gasteiger charge is 2.39. The molecule has 0 radical (unpaired) electrons. The fourth-order valence-corrected chi connectivity index (χ4v) is 4.37. The van der Waals surface area contributed by atoms with E-state index in [1.165, 1.54) is 11.1 Å². The number of rotatable bonds is 2. The van der Waals surface area contributed by atoms with Crippen molar-refractivity contribution in [3.63, 3.8) is 0 Å². The first-order valence-electron chi connectivity index (χ1n) is 9.23. The maximum absolute atomic E-state index is 10.9. The van der Waals surface area contributed by atoms with Crippen LogP contribution in [0.2, 0.25) is 0 Å². The SMILES string of the molecule is CC(C)(O)c1cccc2c1N(c1ccc(Br)cc1)c1ccccc1C2(C)C. The number of nitrogens with zero attached hydrogens (tertiary/aromatic N) is 1. The van der Waals surface area contributed by atoms with Crippen LogP contribution in [-0.4, -0.2) is 5.11 Å². The molecule has 2 nitrogen and oxygen atoms in total. The van der Waals surface area contributed by atoms with Gasteiger partial charge in [-0.1, -0.05) is 66.2 Å². The van der Waals surface area contributed by atoms with E-state index in [9.17, 15) is 5.11 Å². The van der Waals surface area contributed by atoms with Gasteiger partial charge in [-0.2, -0.15) is 0 Å². The summed E-state index contributed by atoms with van der Waals surface area (Å²) in [6.07, 6.45) is 0. The standard InChI is InChI=1S/C24H24BrNO/c1-23(2)18-8-5-6-11-21(18)26(17-14-12-16(25)13-15-17)22-19(23)9-7-10-20(22)24(3,4)27/h5-15,27H,1-4H3. The topological polar surface area (TPSA) is 23.5 Å². The van der Waals surface area contributed by atoms with Gasteiger partial charge in [-0.3, -0.25) is 0 Å². The average molecular weight is 422 g/mol. The normalized spacial score (nSPS) is 15.3. The number of aliphatic hydroxyl groups is 1. The summed E-state index contributed by atoms with van der Waals surface area (Å²) >= 11 is 3.54. The van der Waals surface area contributed by atoms with Crippen molar-refractivity contribution in [1.29, 1.82) is 0 Å². The second kappa shape index (κ2) is 6.22. The van der Waals surface area contributed by atoms with Crippen molar-refractivity contribution in [1.82, 2.24) is 0 Å². The first-order valence-corrected chi connectivity index (χ1v) is 10.0. The highest BCUT2D eigenvalue weighted by atomic mass is 79.9. The summed E-state index contributed by atoms with van der Waals surface area (Å²) in [7, 11) is 0. The molecule has 0 saturated heterocycles. The minimum Gasteiger partial charge on any atom is -0.386 e. The first kappa shape index (κ1) is 18.3. The molecule has 0 bridgehead atoms. The summed E-state index contributed by atoms with van der Waals surface area (Å²) < 4.78 is 1.05. The van der Waals surface area contributed by atoms with Crippen molar-refractivity contribution in [2.24, 2.45) is 0 Å². The highest BCUT2D eigenvalue weighted by Crippen LogP contribution is 2.54. The second-order valence-electron chi connectivity index (χ2n) is 8.21. The van der Waals surface area contributed by atoms with E-state index in [2.05, 4.69) is 95.3 Å². The van der Waals surface area contributed by atoms with Gasteiger partial charge >= 0.3 is 0 Å². The summed E-state index contributed by atoms with van der Waals surface area (Å²) in [6.45, 7) is 8.24. The van der Waals surface area contributed by atoms with Gasteiger partial charge in [0.1, 0.15) is 0 Å². The molecule has 3 heteroatoms. The predicted octanol–water partition coefficient (Wildman–Crippen LogP) is 6.79. The summed E-state index contributed by atoms with van der Waals surface area (Å²) in [5.41, 5.74) is 5.67. The molecular formula is C24H24BrNO. The summed E-state index contributed by atoms with van der Waals surface area (Å²) in [5.74, 6) is 0. The number of anilines is 3. The maximum Gasteiger partial charge on any atom is 0.0860 e. The molecule has 138 valence electrons. The van der Waals surface area contributed by atoms with E-state index in [1.807, 2.05) is 19.9 Å². The fraction of sp³-hybridized carbons (Fsp3) is 0.250. The van der Waals surface area contributed by atoms with Gasteiger partial charge in [0.25, 0.3) is 0 Å². The molecule has 1 aliphatic heterocycles. The summed E-state index contributed by atoms with van der Waals surface area (Å²) in [5, 5.41) is 10.9. The van der Waals surface area contributed by atoms with E-state index in [0.29, 0.717) is 0 Å². The third-order valence-electron chi connectivity index (χ3n) is 5.50. The molecule has 1 N–H and O–H groups in total. The zero-order valence-electron chi connectivity index (χ0n) is 16.1. The van der Waals surface area contributed by atoms with E-state index in [-0.39, 0.29) is 5.41 Å². The molecule has 27 heavy (non-hydrogen) atoms. The molecule has 0 amide bonds. The van der Waals surface area contributed by atoms with Crippen LogP contribution >= 0.6 is 15.9 Å². The van der Waals surface area contributed by atoms with Gasteiger partial charge in [0.05, 0.1) is 17.0 Å². The molecule has 0 fully saturated rings. The van der Waals surface area contributed by atoms with Crippen LogP contribution < -0.4 is 4.90 Å². The van der Waals surface area contributed by atoms with Gasteiger partial charge in [0, 0.05) is 21.1 Å². The maximum atomic E-state index is 10.9. The molecule has 1 aliphatic rings. The third kappa shape index (κ3) is 2.90. The van der Waals surface area contributed by atoms with Crippen molar-refractivity contribution in [3.8, 4) is 0 Å². The van der Waals surface area contributed by atoms with Crippen molar-refractivity contribution in [3.05, 3.63) is 87.9 Å². The number of halogens is 1. The van der Waals surface area contributed by atoms with Crippen LogP contribution in [0.5, 0.6) is 0 Å². The van der Waals surface area contributed by atoms with Crippen molar-refractivity contribution in [2.45, 2.75) is 38.7 Å². The van der Waals surface area contributed by atoms with Crippen molar-refractivity contribution < 1.29 is 5.11 Å². The molecule has 3 aromatic carbocycles. The van der Waals surface area contributed by atoms with Crippen LogP contribution in [0, 0.1) is 0 Å². The summed E-state index contributed by atoms with van der Waals surface area (Å²) in [6, 6.07) is 23.2. The lowest BCUT2D eigenvalue weighted by Crippen LogP contribution is -2.33. The van der Waals surface area contributed by atoms with E-state index in [4.69, 9.17) is 0 Å². The monoisotopic (exact) mass is 421 g/mol. The van der Waals surface area contributed by atoms with Gasteiger partial charge in [0.2, 0.25) is 0 Å². The number of hydrogen-bond acceptors (Lipinski definition) is 2. The molecule has 0 aliphatic carbocycles. The Morgan fingerprint density at radius 2 is 1.48 bits per heavy atom. The fourth-order valence-electron chi connectivity index (χ4n) is 4.10. The summed E-state index contributed by atoms with van der Waals surface area (Å²) in [4.78, 5) is 2.29. The molecule has 0 unspecified atom stereocenters. The number of benzene rings is 3. The highest BCUT2D eigenvalue weighted by molar-refractivity contribution is 9.10. The Hall–Kier alpha value is -2.10. The van der Waals surface area contributed by atoms with Crippen LogP contribution in [0.1, 0.15) is 44.4 Å². The van der Waals surface area contributed by atoms with E-state index < -0.39 is 5.60 Å². The van der Waals surface area contributed by atoms with E-state index >= 15 is 0 Å². The molecule has 4 rings (SSSR count). The van der Waals surface area contributed by atoms with Gasteiger partial charge in [0.15, 0.2) is 0 Å². The Bertz CT molecular complexity index is 1000. The van der Waals surface area contributed by atoms with Crippen LogP contribution in [0.15, 0.2) is 71.2 Å². The van der Waals surface area contributed by atoms with E-state index in [1.54, 1.807) is 0 Å². The van der Waals surface area contributed by atoms with Crippen molar-refractivity contribution >= 4 is 33.0 Å². The molecule has 0 saturated carbocycles. The third-order valence-corrected chi connectivity index (χ3v) is 6.02. The minimum absolute atomic E-state index is 0.154. The Kier molecular flexibility index (Phi) is 4.21. The van der Waals surface area contributed by atoms with Crippen LogP contribution in [0.3, 0.4) is 0 Å². The first-order chi connectivity index (χ1) is 12.7. The minimum atomic E-state index is -0.943. The Labute approximate surface area is 169 Å². The van der Waals surface area contributed by atoms with Crippen LogP contribution in [0.25, 0.3) is 0 Å². The van der Waals surface area contributed by atoms with Crippen molar-refractivity contribution in [2.75, 3.05) is 4.90 Å². The molecule has 0 atom stereocenters. The van der Waals surface area contributed by atoms with Gasteiger partial charge in [-0.25, -0.2) is 0 Å². The molecule has 3 aromatic rings. The quantitative estimate of drug-likeness (QED) is 0.492. The zero-order chi connectivity index (χ0) is 19.4. The molecular weight excluding hydrogens is 398 g/mol. The predicted molar refractivity (Wildman–Crippen MR) is 116 cm³/mol. The Balaban J connectivity index is 2.10. The Morgan fingerprint density at radius 1 is 0.852 bits per heavy atom. The average Bonchev–Trinajstić information content (AvgIpc) is 2.62. The van der Waals surface area contributed by atoms with Crippen LogP contribution in [-0.2, 0) is 11.0 Å². The number of para-hydroxylation sites is 2. The lowest BCUT2D eigenvalue weighted by Gasteiger charge is -2.44. The van der Waals surface area contributed by atoms with Gasteiger partial charge < -0.3 is 10.0 Å². The number of fused-ring (bicyclic) bond motifs is 2. The smallest absolute Gasteiger partial charge is 0.0860 e. The molecule has 0 aromatic heterocycles. The second-order valence-corrected chi connectivity index (χ2v) is 9.13. The molecule has 1 heterocycles. The van der Waals surface area contributed by atoms with Gasteiger partial charge in [-0.05, 0) is 55.3 Å². The number of hydrogen-bond donors (Lipinski definition) is 1. The van der Waals surface area contributed by atoms with E-state index in [0.717, 1.165) is 27.1 Å². The zero-order valence-corrected chi connectivity index (χ0v) is 17.7. The largest absolute Gasteiger partial charge is 0.386 e. The lowest BCUT2D eigenvalue weighted by molar-refractivity contribution is 0.0790.